The summed E-state index contributed by atoms with van der Waals surface area (Å²) in [6.45, 7) is 5.84. The molecule has 1 atom stereocenters. The van der Waals surface area contributed by atoms with Gasteiger partial charge in [-0.1, -0.05) is 0 Å². The van der Waals surface area contributed by atoms with Gasteiger partial charge in [0.25, 0.3) is 0 Å². The maximum absolute atomic E-state index is 12.2. The Hall–Kier alpha value is -1.06. The number of amides is 1. The van der Waals surface area contributed by atoms with Gasteiger partial charge in [0.05, 0.1) is 12.3 Å². The van der Waals surface area contributed by atoms with Crippen molar-refractivity contribution < 1.29 is 14.3 Å². The van der Waals surface area contributed by atoms with Gasteiger partial charge in [0.2, 0.25) is 5.91 Å². The Kier molecular flexibility index (Phi) is 2.92. The molecule has 1 saturated heterocycles. The Labute approximate surface area is 102 Å². The van der Waals surface area contributed by atoms with Gasteiger partial charge in [-0.15, -0.1) is 0 Å². The molecule has 4 heteroatoms. The minimum Gasteiger partial charge on any atom is -0.458 e. The largest absolute Gasteiger partial charge is 0.458 e. The first kappa shape index (κ1) is 12.4. The van der Waals surface area contributed by atoms with Gasteiger partial charge in [0.15, 0.2) is 0 Å². The van der Waals surface area contributed by atoms with E-state index in [0.717, 1.165) is 25.7 Å². The zero-order chi connectivity index (χ0) is 12.7. The van der Waals surface area contributed by atoms with Crippen LogP contribution in [0.15, 0.2) is 0 Å². The summed E-state index contributed by atoms with van der Waals surface area (Å²) in [5.41, 5.74) is -0.755. The summed E-state index contributed by atoms with van der Waals surface area (Å²) in [7, 11) is 0. The molecule has 0 aromatic heterocycles. The first-order valence-electron chi connectivity index (χ1n) is 6.36. The highest BCUT2D eigenvalue weighted by molar-refractivity contribution is 5.88. The fourth-order valence-corrected chi connectivity index (χ4v) is 2.90. The third kappa shape index (κ3) is 2.45. The number of carbonyl (C=O) groups excluding carboxylic acids is 2. The van der Waals surface area contributed by atoms with Crippen molar-refractivity contribution in [1.29, 1.82) is 0 Å². The molecule has 1 amide bonds. The van der Waals surface area contributed by atoms with Gasteiger partial charge in [-0.3, -0.25) is 9.59 Å². The Morgan fingerprint density at radius 2 is 1.94 bits per heavy atom. The molecule has 0 aromatic rings. The predicted octanol–water partition coefficient (Wildman–Crippen LogP) is 1.78. The van der Waals surface area contributed by atoms with E-state index in [1.165, 1.54) is 0 Å². The molecule has 1 spiro atoms. The summed E-state index contributed by atoms with van der Waals surface area (Å²) in [5.74, 6) is -0.553. The van der Waals surface area contributed by atoms with E-state index in [1.807, 2.05) is 20.8 Å². The Morgan fingerprint density at radius 3 is 2.47 bits per heavy atom. The number of ether oxygens (including phenoxy) is 1. The molecule has 1 aliphatic carbocycles. The van der Waals surface area contributed by atoms with Crippen LogP contribution in [0.1, 0.15) is 52.9 Å². The standard InChI is InChI=1S/C13H21NO3/c1-12(2,3)14-11(16)9-8-10(15)17-13(9)6-4-5-7-13/h9H,4-8H2,1-3H3,(H,14,16)/t9-/m1/s1. The van der Waals surface area contributed by atoms with Crippen LogP contribution in [-0.2, 0) is 14.3 Å². The second-order valence-electron chi connectivity index (χ2n) is 6.24. The number of carbonyl (C=O) groups is 2. The van der Waals surface area contributed by atoms with Gasteiger partial charge in [-0.2, -0.15) is 0 Å². The van der Waals surface area contributed by atoms with E-state index in [0.29, 0.717) is 0 Å². The van der Waals surface area contributed by atoms with E-state index < -0.39 is 5.60 Å². The third-order valence-electron chi connectivity index (χ3n) is 3.59. The molecule has 1 aliphatic heterocycles. The van der Waals surface area contributed by atoms with Gasteiger partial charge < -0.3 is 10.1 Å². The minimum atomic E-state index is -0.494. The number of nitrogens with one attached hydrogen (secondary N) is 1. The highest BCUT2D eigenvalue weighted by Gasteiger charge is 2.54. The smallest absolute Gasteiger partial charge is 0.307 e. The number of esters is 1. The lowest BCUT2D eigenvalue weighted by atomic mass is 9.84. The molecule has 1 N–H and O–H groups in total. The average molecular weight is 239 g/mol. The molecule has 0 bridgehead atoms. The normalized spacial score (nSPS) is 27.2. The zero-order valence-electron chi connectivity index (χ0n) is 10.8. The lowest BCUT2D eigenvalue weighted by Gasteiger charge is -2.30. The summed E-state index contributed by atoms with van der Waals surface area (Å²) >= 11 is 0. The summed E-state index contributed by atoms with van der Waals surface area (Å²) < 4.78 is 5.46. The molecule has 2 rings (SSSR count). The van der Waals surface area contributed by atoms with Crippen LogP contribution in [0.3, 0.4) is 0 Å². The van der Waals surface area contributed by atoms with E-state index in [9.17, 15) is 9.59 Å². The van der Waals surface area contributed by atoms with Crippen LogP contribution >= 0.6 is 0 Å². The summed E-state index contributed by atoms with van der Waals surface area (Å²) in [6.07, 6.45) is 4.00. The molecule has 17 heavy (non-hydrogen) atoms. The Balaban J connectivity index is 2.13. The maximum Gasteiger partial charge on any atom is 0.307 e. The van der Waals surface area contributed by atoms with E-state index in [-0.39, 0.29) is 29.8 Å². The van der Waals surface area contributed by atoms with Crippen LogP contribution in [0.25, 0.3) is 0 Å². The molecule has 2 fully saturated rings. The second-order valence-corrected chi connectivity index (χ2v) is 6.24. The van der Waals surface area contributed by atoms with Crippen LogP contribution in [0.2, 0.25) is 0 Å². The molecule has 1 heterocycles. The minimum absolute atomic E-state index is 0.0368. The molecule has 1 saturated carbocycles. The highest BCUT2D eigenvalue weighted by Crippen LogP contribution is 2.45. The topological polar surface area (TPSA) is 55.4 Å². The predicted molar refractivity (Wildman–Crippen MR) is 63.3 cm³/mol. The zero-order valence-corrected chi connectivity index (χ0v) is 10.8. The number of hydrogen-bond acceptors (Lipinski definition) is 3. The molecule has 0 aromatic carbocycles. The Morgan fingerprint density at radius 1 is 1.35 bits per heavy atom. The monoisotopic (exact) mass is 239 g/mol. The lowest BCUT2D eigenvalue weighted by Crippen LogP contribution is -2.49. The third-order valence-corrected chi connectivity index (χ3v) is 3.59. The van der Waals surface area contributed by atoms with Crippen LogP contribution in [0.5, 0.6) is 0 Å². The quantitative estimate of drug-likeness (QED) is 0.710. The Bertz CT molecular complexity index is 337. The highest BCUT2D eigenvalue weighted by atomic mass is 16.6. The van der Waals surface area contributed by atoms with Gasteiger partial charge in [-0.05, 0) is 46.5 Å². The van der Waals surface area contributed by atoms with Crippen LogP contribution < -0.4 is 5.32 Å². The van der Waals surface area contributed by atoms with Crippen molar-refractivity contribution in [2.24, 2.45) is 5.92 Å². The fraction of sp³-hybridized carbons (Fsp3) is 0.846. The second kappa shape index (κ2) is 4.00. The van der Waals surface area contributed by atoms with Crippen molar-refractivity contribution in [2.45, 2.75) is 64.0 Å². The molecule has 4 nitrogen and oxygen atoms in total. The fourth-order valence-electron chi connectivity index (χ4n) is 2.90. The first-order valence-corrected chi connectivity index (χ1v) is 6.36. The van der Waals surface area contributed by atoms with Crippen molar-refractivity contribution in [3.05, 3.63) is 0 Å². The van der Waals surface area contributed by atoms with E-state index in [1.54, 1.807) is 0 Å². The van der Waals surface area contributed by atoms with Crippen LogP contribution in [0, 0.1) is 5.92 Å². The molecular formula is C13H21NO3. The van der Waals surface area contributed by atoms with Crippen molar-refractivity contribution in [3.8, 4) is 0 Å². The summed E-state index contributed by atoms with van der Waals surface area (Å²) in [6, 6.07) is 0. The molecule has 0 unspecified atom stereocenters. The van der Waals surface area contributed by atoms with Crippen molar-refractivity contribution >= 4 is 11.9 Å². The van der Waals surface area contributed by atoms with E-state index in [2.05, 4.69) is 5.32 Å². The van der Waals surface area contributed by atoms with Crippen LogP contribution in [-0.4, -0.2) is 23.0 Å². The molecule has 96 valence electrons. The van der Waals surface area contributed by atoms with E-state index in [4.69, 9.17) is 4.74 Å². The molecule has 0 radical (unpaired) electrons. The lowest BCUT2D eigenvalue weighted by molar-refractivity contribution is -0.150. The van der Waals surface area contributed by atoms with Crippen molar-refractivity contribution in [1.82, 2.24) is 5.32 Å². The number of rotatable bonds is 1. The molecule has 2 aliphatic rings. The van der Waals surface area contributed by atoms with Gasteiger partial charge >= 0.3 is 5.97 Å². The van der Waals surface area contributed by atoms with Crippen LogP contribution in [0.4, 0.5) is 0 Å². The number of hydrogen-bond donors (Lipinski definition) is 1. The van der Waals surface area contributed by atoms with Gasteiger partial charge in [0.1, 0.15) is 5.60 Å². The molecular weight excluding hydrogens is 218 g/mol. The summed E-state index contributed by atoms with van der Waals surface area (Å²) in [4.78, 5) is 23.7. The first-order chi connectivity index (χ1) is 7.82. The van der Waals surface area contributed by atoms with Gasteiger partial charge in [-0.25, -0.2) is 0 Å². The SMILES string of the molecule is CC(C)(C)NC(=O)[C@H]1CC(=O)OC12CCCC2. The maximum atomic E-state index is 12.2. The van der Waals surface area contributed by atoms with E-state index >= 15 is 0 Å². The van der Waals surface area contributed by atoms with Crippen molar-refractivity contribution in [2.75, 3.05) is 0 Å². The van der Waals surface area contributed by atoms with Gasteiger partial charge in [0, 0.05) is 5.54 Å². The summed E-state index contributed by atoms with van der Waals surface area (Å²) in [5, 5.41) is 2.96. The van der Waals surface area contributed by atoms with Crippen molar-refractivity contribution in [3.63, 3.8) is 0 Å². The average Bonchev–Trinajstić information content (AvgIpc) is 2.72.